The predicted molar refractivity (Wildman–Crippen MR) is 95.0 cm³/mol. The molecule has 118 valence electrons. The first-order chi connectivity index (χ1) is 11.9. The molecule has 2 aromatic carbocycles. The number of aromatic amines is 1. The third-order valence-electron chi connectivity index (χ3n) is 3.92. The van der Waals surface area contributed by atoms with Crippen LogP contribution in [0.4, 0.5) is 0 Å². The lowest BCUT2D eigenvalue weighted by atomic mass is 10.2. The van der Waals surface area contributed by atoms with Crippen molar-refractivity contribution < 1.29 is 4.74 Å². The van der Waals surface area contributed by atoms with E-state index in [9.17, 15) is 0 Å². The van der Waals surface area contributed by atoms with E-state index in [1.807, 2.05) is 48.5 Å². The molecule has 0 radical (unpaired) electrons. The number of imidazole rings is 1. The summed E-state index contributed by atoms with van der Waals surface area (Å²) in [5.74, 6) is 1.71. The standard InChI is InChI=1S/C20H17N3O/c1-2-4-15(5-3-1)11-13-24-17-8-6-16(7-9-17)20-22-18-10-12-21-14-19(18)23-20/h1-10,12,14H,11,13H2,(H,22,23). The van der Waals surface area contributed by atoms with Crippen molar-refractivity contribution in [3.63, 3.8) is 0 Å². The topological polar surface area (TPSA) is 50.8 Å². The van der Waals surface area contributed by atoms with Crippen LogP contribution in [0.15, 0.2) is 73.1 Å². The predicted octanol–water partition coefficient (Wildman–Crippen LogP) is 4.25. The minimum atomic E-state index is 0.666. The molecule has 4 nitrogen and oxygen atoms in total. The number of H-pyrrole nitrogens is 1. The number of hydrogen-bond donors (Lipinski definition) is 1. The summed E-state index contributed by atoms with van der Waals surface area (Å²) in [7, 11) is 0. The summed E-state index contributed by atoms with van der Waals surface area (Å²) in [5.41, 5.74) is 4.17. The molecule has 4 rings (SSSR count). The van der Waals surface area contributed by atoms with Gasteiger partial charge in [-0.15, -0.1) is 0 Å². The highest BCUT2D eigenvalue weighted by atomic mass is 16.5. The summed E-state index contributed by atoms with van der Waals surface area (Å²) in [5, 5.41) is 0. The fraction of sp³-hybridized carbons (Fsp3) is 0.100. The number of rotatable bonds is 5. The third kappa shape index (κ3) is 3.13. The average molecular weight is 315 g/mol. The van der Waals surface area contributed by atoms with Crippen molar-refractivity contribution in [1.29, 1.82) is 0 Å². The molecular formula is C20H17N3O. The molecule has 24 heavy (non-hydrogen) atoms. The molecule has 0 bridgehead atoms. The number of hydrogen-bond acceptors (Lipinski definition) is 3. The summed E-state index contributed by atoms with van der Waals surface area (Å²) in [6.45, 7) is 0.666. The average Bonchev–Trinajstić information content (AvgIpc) is 3.07. The van der Waals surface area contributed by atoms with Crippen LogP contribution in [-0.2, 0) is 6.42 Å². The lowest BCUT2D eigenvalue weighted by molar-refractivity contribution is 0.322. The smallest absolute Gasteiger partial charge is 0.138 e. The minimum absolute atomic E-state index is 0.666. The molecule has 2 heterocycles. The Bertz CT molecular complexity index is 897. The fourth-order valence-electron chi connectivity index (χ4n) is 2.63. The second-order valence-corrected chi connectivity index (χ2v) is 5.59. The second-order valence-electron chi connectivity index (χ2n) is 5.59. The largest absolute Gasteiger partial charge is 0.493 e. The first-order valence-corrected chi connectivity index (χ1v) is 7.95. The van der Waals surface area contributed by atoms with Crippen LogP contribution in [0, 0.1) is 0 Å². The van der Waals surface area contributed by atoms with Crippen LogP contribution >= 0.6 is 0 Å². The molecule has 0 aliphatic rings. The number of fused-ring (bicyclic) bond motifs is 1. The van der Waals surface area contributed by atoms with Gasteiger partial charge in [-0.2, -0.15) is 0 Å². The van der Waals surface area contributed by atoms with Crippen LogP contribution in [0.1, 0.15) is 5.56 Å². The van der Waals surface area contributed by atoms with Gasteiger partial charge in [0.05, 0.1) is 18.3 Å². The van der Waals surface area contributed by atoms with Crippen LogP contribution in [0.5, 0.6) is 5.75 Å². The van der Waals surface area contributed by atoms with Crippen LogP contribution in [-0.4, -0.2) is 21.6 Å². The number of aromatic nitrogens is 3. The molecule has 4 heteroatoms. The Morgan fingerprint density at radius 2 is 1.75 bits per heavy atom. The van der Waals surface area contributed by atoms with E-state index < -0.39 is 0 Å². The molecule has 0 aliphatic carbocycles. The highest BCUT2D eigenvalue weighted by Gasteiger charge is 2.05. The fourth-order valence-corrected chi connectivity index (χ4v) is 2.63. The zero-order valence-electron chi connectivity index (χ0n) is 13.1. The summed E-state index contributed by atoms with van der Waals surface area (Å²) in [6.07, 6.45) is 4.42. The zero-order valence-corrected chi connectivity index (χ0v) is 13.1. The quantitative estimate of drug-likeness (QED) is 0.599. The van der Waals surface area contributed by atoms with Crippen LogP contribution in [0.3, 0.4) is 0 Å². The zero-order chi connectivity index (χ0) is 16.2. The molecule has 0 fully saturated rings. The number of nitrogens with zero attached hydrogens (tertiary/aromatic N) is 2. The maximum absolute atomic E-state index is 5.82. The monoisotopic (exact) mass is 315 g/mol. The first-order valence-electron chi connectivity index (χ1n) is 7.95. The van der Waals surface area contributed by atoms with E-state index in [2.05, 4.69) is 27.1 Å². The summed E-state index contributed by atoms with van der Waals surface area (Å²) >= 11 is 0. The van der Waals surface area contributed by atoms with Crippen molar-refractivity contribution in [2.75, 3.05) is 6.61 Å². The van der Waals surface area contributed by atoms with E-state index in [1.54, 1.807) is 12.4 Å². The molecule has 4 aromatic rings. The number of nitrogens with one attached hydrogen (secondary N) is 1. The van der Waals surface area contributed by atoms with Gasteiger partial charge in [0.15, 0.2) is 0 Å². The van der Waals surface area contributed by atoms with Crippen molar-refractivity contribution in [1.82, 2.24) is 15.0 Å². The van der Waals surface area contributed by atoms with E-state index >= 15 is 0 Å². The molecule has 0 saturated heterocycles. The summed E-state index contributed by atoms with van der Waals surface area (Å²) in [6, 6.07) is 20.3. The molecule has 0 amide bonds. The highest BCUT2D eigenvalue weighted by Crippen LogP contribution is 2.22. The van der Waals surface area contributed by atoms with E-state index in [1.165, 1.54) is 5.56 Å². The highest BCUT2D eigenvalue weighted by molar-refractivity contribution is 5.78. The Balaban J connectivity index is 1.42. The molecule has 2 aromatic heterocycles. The third-order valence-corrected chi connectivity index (χ3v) is 3.92. The minimum Gasteiger partial charge on any atom is -0.493 e. The van der Waals surface area contributed by atoms with Crippen molar-refractivity contribution >= 4 is 11.0 Å². The molecule has 0 atom stereocenters. The van der Waals surface area contributed by atoms with Gasteiger partial charge in [-0.25, -0.2) is 4.98 Å². The Morgan fingerprint density at radius 3 is 2.54 bits per heavy atom. The van der Waals surface area contributed by atoms with Crippen molar-refractivity contribution in [2.24, 2.45) is 0 Å². The normalized spacial score (nSPS) is 10.8. The van der Waals surface area contributed by atoms with Crippen LogP contribution in [0.25, 0.3) is 22.4 Å². The Hall–Kier alpha value is -3.14. The molecule has 0 aliphatic heterocycles. The van der Waals surface area contributed by atoms with Gasteiger partial charge in [0.1, 0.15) is 17.1 Å². The van der Waals surface area contributed by atoms with Gasteiger partial charge >= 0.3 is 0 Å². The molecule has 0 saturated carbocycles. The van der Waals surface area contributed by atoms with Gasteiger partial charge < -0.3 is 9.72 Å². The van der Waals surface area contributed by atoms with Crippen molar-refractivity contribution in [3.8, 4) is 17.1 Å². The van der Waals surface area contributed by atoms with Crippen LogP contribution < -0.4 is 4.74 Å². The lowest BCUT2D eigenvalue weighted by Gasteiger charge is -2.06. The Labute approximate surface area is 140 Å². The molecule has 0 unspecified atom stereocenters. The first kappa shape index (κ1) is 14.5. The second kappa shape index (κ2) is 6.54. The van der Waals surface area contributed by atoms with Gasteiger partial charge in [-0.3, -0.25) is 4.98 Å². The van der Waals surface area contributed by atoms with E-state index in [0.29, 0.717) is 6.61 Å². The summed E-state index contributed by atoms with van der Waals surface area (Å²) in [4.78, 5) is 11.9. The van der Waals surface area contributed by atoms with E-state index in [0.717, 1.165) is 34.6 Å². The Morgan fingerprint density at radius 1 is 0.917 bits per heavy atom. The van der Waals surface area contributed by atoms with Gasteiger partial charge in [-0.05, 0) is 35.9 Å². The van der Waals surface area contributed by atoms with Gasteiger partial charge in [-0.1, -0.05) is 30.3 Å². The summed E-state index contributed by atoms with van der Waals surface area (Å²) < 4.78 is 5.82. The molecule has 1 N–H and O–H groups in total. The molecule has 0 spiro atoms. The molecular weight excluding hydrogens is 298 g/mol. The van der Waals surface area contributed by atoms with E-state index in [4.69, 9.17) is 4.74 Å². The lowest BCUT2D eigenvalue weighted by Crippen LogP contribution is -2.01. The maximum atomic E-state index is 5.82. The van der Waals surface area contributed by atoms with Crippen molar-refractivity contribution in [2.45, 2.75) is 6.42 Å². The number of pyridine rings is 1. The number of benzene rings is 2. The number of ether oxygens (including phenoxy) is 1. The van der Waals surface area contributed by atoms with E-state index in [-0.39, 0.29) is 0 Å². The van der Waals surface area contributed by atoms with Gasteiger partial charge in [0, 0.05) is 18.2 Å². The van der Waals surface area contributed by atoms with Crippen molar-refractivity contribution in [3.05, 3.63) is 78.6 Å². The van der Waals surface area contributed by atoms with Gasteiger partial charge in [0.25, 0.3) is 0 Å². The maximum Gasteiger partial charge on any atom is 0.138 e. The van der Waals surface area contributed by atoms with Gasteiger partial charge in [0.2, 0.25) is 0 Å². The van der Waals surface area contributed by atoms with Crippen LogP contribution in [0.2, 0.25) is 0 Å². The Kier molecular flexibility index (Phi) is 3.94. The SMILES string of the molecule is c1ccc(CCOc2ccc(-c3nc4cnccc4[nH]3)cc2)cc1.